The number of nitrogens with zero attached hydrogens (tertiary/aromatic N) is 4. The predicted octanol–water partition coefficient (Wildman–Crippen LogP) is 5.56. The van der Waals surface area contributed by atoms with Gasteiger partial charge in [0.25, 0.3) is 0 Å². The lowest BCUT2D eigenvalue weighted by molar-refractivity contribution is -0.123. The molecule has 8 heteroatoms. The number of hydrogen-bond donors (Lipinski definition) is 0. The number of rotatable bonds is 6. The number of benzene rings is 2. The fraction of sp³-hybridized carbons (Fsp3) is 0.333. The van der Waals surface area contributed by atoms with Gasteiger partial charge in [-0.25, -0.2) is 9.37 Å². The highest BCUT2D eigenvalue weighted by Crippen LogP contribution is 2.31. The lowest BCUT2D eigenvalue weighted by Gasteiger charge is -2.34. The molecule has 1 aliphatic rings. The summed E-state index contributed by atoms with van der Waals surface area (Å²) in [6.07, 6.45) is 1.83. The Bertz CT molecular complexity index is 1110. The number of likely N-dealkylation sites (N-methyl/N-ethyl adjacent to an activating group) is 1. The third kappa shape index (κ3) is 6.31. The van der Waals surface area contributed by atoms with Crippen LogP contribution in [0.5, 0.6) is 0 Å². The van der Waals surface area contributed by atoms with Gasteiger partial charge >= 0.3 is 0 Å². The molecular weight excluding hydrogens is 486 g/mol. The second-order valence-electron chi connectivity index (χ2n) is 9.31. The number of hydrogen-bond acceptors (Lipinski definition) is 4. The van der Waals surface area contributed by atoms with Crippen molar-refractivity contribution in [3.8, 4) is 0 Å². The van der Waals surface area contributed by atoms with Crippen LogP contribution in [0.4, 0.5) is 15.9 Å². The average Bonchev–Trinajstić information content (AvgIpc) is 2.84. The molecule has 0 spiro atoms. The molecule has 1 amide bonds. The molecule has 186 valence electrons. The third-order valence-corrected chi connectivity index (χ3v) is 6.71. The summed E-state index contributed by atoms with van der Waals surface area (Å²) in [5.41, 5.74) is 1.59. The second-order valence-corrected chi connectivity index (χ2v) is 9.75. The van der Waals surface area contributed by atoms with Gasteiger partial charge in [-0.05, 0) is 74.5 Å². The van der Waals surface area contributed by atoms with Crippen molar-refractivity contribution in [1.82, 2.24) is 9.88 Å². The highest BCUT2D eigenvalue weighted by atomic mass is 35.5. The van der Waals surface area contributed by atoms with Crippen molar-refractivity contribution in [2.24, 2.45) is 0 Å². The number of anilines is 2. The van der Waals surface area contributed by atoms with Gasteiger partial charge in [0.2, 0.25) is 5.91 Å². The van der Waals surface area contributed by atoms with Crippen LogP contribution >= 0.6 is 24.0 Å². The SMILES string of the molecule is CN1CCN(c2ccc(CN(C(=O)C(C)(C)c3ccc(Cl)cc3)c3ccc(F)cc3)cn2)CC1.Cl. The van der Waals surface area contributed by atoms with Gasteiger partial charge < -0.3 is 14.7 Å². The molecule has 1 aromatic heterocycles. The molecule has 1 aliphatic heterocycles. The minimum Gasteiger partial charge on any atom is -0.354 e. The summed E-state index contributed by atoms with van der Waals surface area (Å²) in [4.78, 5) is 24.8. The standard InChI is InChI=1S/C27H30ClFN4O.ClH/c1-27(2,21-5-7-22(28)8-6-21)26(34)33(24-11-9-23(29)10-12-24)19-20-4-13-25(30-18-20)32-16-14-31(3)15-17-32;/h4-13,18H,14-17,19H2,1-3H3;1H. The Morgan fingerprint density at radius 1 is 1.00 bits per heavy atom. The van der Waals surface area contributed by atoms with Gasteiger partial charge in [-0.15, -0.1) is 12.4 Å². The fourth-order valence-electron chi connectivity index (χ4n) is 4.14. The molecule has 35 heavy (non-hydrogen) atoms. The fourth-order valence-corrected chi connectivity index (χ4v) is 4.27. The van der Waals surface area contributed by atoms with Crippen LogP contribution in [0.1, 0.15) is 25.0 Å². The van der Waals surface area contributed by atoms with Crippen molar-refractivity contribution in [2.45, 2.75) is 25.8 Å². The van der Waals surface area contributed by atoms with Crippen molar-refractivity contribution < 1.29 is 9.18 Å². The Kier molecular flexibility index (Phi) is 8.75. The quantitative estimate of drug-likeness (QED) is 0.430. The summed E-state index contributed by atoms with van der Waals surface area (Å²) >= 11 is 6.05. The summed E-state index contributed by atoms with van der Waals surface area (Å²) < 4.78 is 13.6. The van der Waals surface area contributed by atoms with Gasteiger partial charge in [0.15, 0.2) is 0 Å². The molecule has 1 saturated heterocycles. The number of pyridine rings is 1. The minimum atomic E-state index is -0.813. The lowest BCUT2D eigenvalue weighted by atomic mass is 9.83. The van der Waals surface area contributed by atoms with Crippen molar-refractivity contribution in [1.29, 1.82) is 0 Å². The maximum atomic E-state index is 13.9. The van der Waals surface area contributed by atoms with Crippen LogP contribution < -0.4 is 9.80 Å². The smallest absolute Gasteiger partial charge is 0.237 e. The zero-order valence-corrected chi connectivity index (χ0v) is 21.8. The predicted molar refractivity (Wildman–Crippen MR) is 143 cm³/mol. The number of halogens is 3. The van der Waals surface area contributed by atoms with E-state index in [2.05, 4.69) is 21.8 Å². The van der Waals surface area contributed by atoms with Crippen LogP contribution in [-0.4, -0.2) is 49.0 Å². The van der Waals surface area contributed by atoms with E-state index in [1.54, 1.807) is 29.2 Å². The summed E-state index contributed by atoms with van der Waals surface area (Å²) in [6, 6.07) is 17.4. The summed E-state index contributed by atoms with van der Waals surface area (Å²) in [5, 5.41) is 0.619. The van der Waals surface area contributed by atoms with Crippen LogP contribution in [0.2, 0.25) is 5.02 Å². The number of amides is 1. The molecule has 5 nitrogen and oxygen atoms in total. The first-order valence-electron chi connectivity index (χ1n) is 11.5. The minimum absolute atomic E-state index is 0. The van der Waals surface area contributed by atoms with Crippen LogP contribution in [0, 0.1) is 5.82 Å². The molecule has 2 heterocycles. The Morgan fingerprint density at radius 3 is 2.20 bits per heavy atom. The van der Waals surface area contributed by atoms with Gasteiger partial charge in [-0.1, -0.05) is 29.8 Å². The topological polar surface area (TPSA) is 39.7 Å². The first-order chi connectivity index (χ1) is 16.2. The summed E-state index contributed by atoms with van der Waals surface area (Å²) in [5.74, 6) is 0.508. The van der Waals surface area contributed by atoms with E-state index in [-0.39, 0.29) is 24.1 Å². The van der Waals surface area contributed by atoms with E-state index >= 15 is 0 Å². The van der Waals surface area contributed by atoms with E-state index in [1.807, 2.05) is 44.3 Å². The third-order valence-electron chi connectivity index (χ3n) is 6.46. The molecular formula is C27H31Cl2FN4O. The molecule has 0 radical (unpaired) electrons. The zero-order valence-electron chi connectivity index (χ0n) is 20.2. The molecule has 3 aromatic rings. The van der Waals surface area contributed by atoms with E-state index in [0.717, 1.165) is 43.1 Å². The van der Waals surface area contributed by atoms with E-state index < -0.39 is 5.41 Å². The summed E-state index contributed by atoms with van der Waals surface area (Å²) in [6.45, 7) is 8.02. The van der Waals surface area contributed by atoms with Crippen molar-refractivity contribution in [3.05, 3.63) is 88.8 Å². The molecule has 2 aromatic carbocycles. The monoisotopic (exact) mass is 516 g/mol. The van der Waals surface area contributed by atoms with Crippen LogP contribution in [0.25, 0.3) is 0 Å². The lowest BCUT2D eigenvalue weighted by Crippen LogP contribution is -2.45. The summed E-state index contributed by atoms with van der Waals surface area (Å²) in [7, 11) is 2.13. The Labute approximate surface area is 217 Å². The highest BCUT2D eigenvalue weighted by molar-refractivity contribution is 6.30. The largest absolute Gasteiger partial charge is 0.354 e. The number of piperazine rings is 1. The van der Waals surface area contributed by atoms with E-state index in [4.69, 9.17) is 11.6 Å². The van der Waals surface area contributed by atoms with Crippen molar-refractivity contribution >= 4 is 41.4 Å². The molecule has 0 aliphatic carbocycles. The van der Waals surface area contributed by atoms with Gasteiger partial charge in [0, 0.05) is 43.1 Å². The molecule has 0 saturated carbocycles. The number of carbonyl (C=O) groups is 1. The van der Waals surface area contributed by atoms with Gasteiger partial charge in [-0.3, -0.25) is 4.79 Å². The highest BCUT2D eigenvalue weighted by Gasteiger charge is 2.34. The normalized spacial score (nSPS) is 14.4. The van der Waals surface area contributed by atoms with Crippen LogP contribution in [-0.2, 0) is 16.8 Å². The second kappa shape index (κ2) is 11.4. The Balaban J connectivity index is 0.00000342. The molecule has 0 atom stereocenters. The van der Waals surface area contributed by atoms with Crippen molar-refractivity contribution in [2.75, 3.05) is 43.0 Å². The van der Waals surface area contributed by atoms with Gasteiger partial charge in [0.1, 0.15) is 11.6 Å². The van der Waals surface area contributed by atoms with Gasteiger partial charge in [-0.2, -0.15) is 0 Å². The molecule has 0 unspecified atom stereocenters. The maximum Gasteiger partial charge on any atom is 0.237 e. The molecule has 0 bridgehead atoms. The zero-order chi connectivity index (χ0) is 24.3. The number of aromatic nitrogens is 1. The Morgan fingerprint density at radius 2 is 1.63 bits per heavy atom. The molecule has 0 N–H and O–H groups in total. The first-order valence-corrected chi connectivity index (χ1v) is 11.8. The van der Waals surface area contributed by atoms with E-state index in [1.165, 1.54) is 12.1 Å². The van der Waals surface area contributed by atoms with Gasteiger partial charge in [0.05, 0.1) is 12.0 Å². The van der Waals surface area contributed by atoms with E-state index in [9.17, 15) is 9.18 Å². The maximum absolute atomic E-state index is 13.9. The number of carbonyl (C=O) groups excluding carboxylic acids is 1. The molecule has 1 fully saturated rings. The van der Waals surface area contributed by atoms with E-state index in [0.29, 0.717) is 17.3 Å². The van der Waals surface area contributed by atoms with Crippen molar-refractivity contribution in [3.63, 3.8) is 0 Å². The Hall–Kier alpha value is -2.67. The first kappa shape index (κ1) is 26.9. The molecule has 4 rings (SSSR count). The average molecular weight is 517 g/mol. The van der Waals surface area contributed by atoms with Crippen LogP contribution in [0.15, 0.2) is 66.9 Å². The van der Waals surface area contributed by atoms with Crippen LogP contribution in [0.3, 0.4) is 0 Å².